The molecule has 37 heavy (non-hydrogen) atoms. The Kier molecular flexibility index (Phi) is 8.73. The standard InChI is InChI=1S/C25H31FN8O3/c1-15(35)23(36)34-8-7-21(19(26)13-34)37-20-6-5-16(9-17(20)10-27)22-29-14-30-24(33-22)32-18(11-28)12-31-25(2,3)4/h5-6,9,11-12,14-15,19,21,35H,7-8,13,28H2,1-4H3,(H,29,30,32,33)/p+1/t15-,19+,21?/m0/s1. The van der Waals surface area contributed by atoms with Crippen LogP contribution < -0.4 is 20.8 Å². The quantitative estimate of drug-likeness (QED) is 0.382. The summed E-state index contributed by atoms with van der Waals surface area (Å²) in [5, 5.41) is 22.2. The number of allylic oxidation sites excluding steroid dienone is 1. The number of piperidine rings is 1. The van der Waals surface area contributed by atoms with E-state index in [-0.39, 0.29) is 42.3 Å². The zero-order valence-electron chi connectivity index (χ0n) is 21.3. The van der Waals surface area contributed by atoms with E-state index in [1.807, 2.05) is 20.8 Å². The summed E-state index contributed by atoms with van der Waals surface area (Å²) in [4.78, 5) is 29.1. The molecule has 196 valence electrons. The number of anilines is 1. The van der Waals surface area contributed by atoms with Gasteiger partial charge in [-0.25, -0.2) is 19.4 Å². The van der Waals surface area contributed by atoms with E-state index in [0.29, 0.717) is 17.1 Å². The highest BCUT2D eigenvalue weighted by molar-refractivity contribution is 5.80. The molecule has 1 saturated heterocycles. The number of nitrogens with zero attached hydrogens (tertiary/aromatic N) is 5. The van der Waals surface area contributed by atoms with Gasteiger partial charge in [-0.05, 0) is 45.9 Å². The van der Waals surface area contributed by atoms with Crippen LogP contribution in [0.25, 0.3) is 11.4 Å². The molecule has 0 radical (unpaired) electrons. The van der Waals surface area contributed by atoms with Crippen molar-refractivity contribution in [3.63, 3.8) is 0 Å². The first kappa shape index (κ1) is 27.5. The molecule has 2 heterocycles. The number of carbonyl (C=O) groups is 1. The first-order valence-electron chi connectivity index (χ1n) is 11.8. The molecular formula is C25H32FN8O3+. The van der Waals surface area contributed by atoms with Crippen molar-refractivity contribution < 1.29 is 24.0 Å². The smallest absolute Gasteiger partial charge is 0.251 e. The van der Waals surface area contributed by atoms with Gasteiger partial charge in [0.25, 0.3) is 5.91 Å². The molecule has 1 unspecified atom stereocenters. The summed E-state index contributed by atoms with van der Waals surface area (Å²) in [5.41, 5.74) is 6.82. The summed E-state index contributed by atoms with van der Waals surface area (Å²) in [6.07, 6.45) is 1.18. The molecule has 1 fully saturated rings. The van der Waals surface area contributed by atoms with Crippen molar-refractivity contribution in [1.29, 1.82) is 5.26 Å². The first-order chi connectivity index (χ1) is 17.5. The molecule has 1 aromatic heterocycles. The molecular weight excluding hydrogens is 479 g/mol. The van der Waals surface area contributed by atoms with Crippen LogP contribution in [0, 0.1) is 11.3 Å². The second-order valence-corrected chi connectivity index (χ2v) is 9.66. The second kappa shape index (κ2) is 11.7. The van der Waals surface area contributed by atoms with E-state index < -0.39 is 24.3 Å². The molecule has 1 aromatic carbocycles. The number of nitrogens with one attached hydrogen (secondary N) is 2. The molecule has 1 aliphatic heterocycles. The molecule has 1 amide bonds. The van der Waals surface area contributed by atoms with E-state index >= 15 is 0 Å². The maximum absolute atomic E-state index is 14.7. The van der Waals surface area contributed by atoms with Crippen LogP contribution in [-0.2, 0) is 4.79 Å². The molecule has 0 spiro atoms. The topological polar surface area (TPSA) is 164 Å². The van der Waals surface area contributed by atoms with Gasteiger partial charge < -0.3 is 25.8 Å². The number of benzene rings is 1. The molecule has 5 N–H and O–H groups in total. The number of aromatic nitrogens is 3. The van der Waals surface area contributed by atoms with Crippen LogP contribution in [0.5, 0.6) is 5.75 Å². The Balaban J connectivity index is 1.74. The van der Waals surface area contributed by atoms with Gasteiger partial charge in [0.2, 0.25) is 5.95 Å². The van der Waals surface area contributed by atoms with E-state index in [9.17, 15) is 19.6 Å². The number of rotatable bonds is 7. The number of aliphatic hydroxyl groups excluding tert-OH is 1. The van der Waals surface area contributed by atoms with E-state index in [1.54, 1.807) is 24.4 Å². The van der Waals surface area contributed by atoms with Crippen molar-refractivity contribution in [1.82, 2.24) is 19.9 Å². The van der Waals surface area contributed by atoms with E-state index in [2.05, 4.69) is 31.3 Å². The monoisotopic (exact) mass is 511 g/mol. The maximum atomic E-state index is 14.7. The van der Waals surface area contributed by atoms with Gasteiger partial charge in [0.05, 0.1) is 12.1 Å². The predicted molar refractivity (Wildman–Crippen MR) is 135 cm³/mol. The Morgan fingerprint density at radius 3 is 2.81 bits per heavy atom. The van der Waals surface area contributed by atoms with E-state index in [4.69, 9.17) is 10.5 Å². The van der Waals surface area contributed by atoms with Gasteiger partial charge in [0.15, 0.2) is 23.7 Å². The third-order valence-corrected chi connectivity index (χ3v) is 5.46. The maximum Gasteiger partial charge on any atom is 0.251 e. The lowest BCUT2D eigenvalue weighted by Gasteiger charge is -2.35. The molecule has 1 aliphatic rings. The summed E-state index contributed by atoms with van der Waals surface area (Å²) in [7, 11) is 0. The van der Waals surface area contributed by atoms with Crippen LogP contribution in [0.1, 0.15) is 39.7 Å². The molecule has 0 saturated carbocycles. The molecule has 3 atom stereocenters. The third-order valence-electron chi connectivity index (χ3n) is 5.46. The van der Waals surface area contributed by atoms with Crippen molar-refractivity contribution in [2.45, 2.75) is 58.0 Å². The van der Waals surface area contributed by atoms with Gasteiger partial charge >= 0.3 is 0 Å². The van der Waals surface area contributed by atoms with Gasteiger partial charge in [-0.2, -0.15) is 10.2 Å². The number of amides is 1. The van der Waals surface area contributed by atoms with Crippen molar-refractivity contribution in [3.05, 3.63) is 42.0 Å². The Labute approximate surface area is 214 Å². The lowest BCUT2D eigenvalue weighted by molar-refractivity contribution is -0.533. The summed E-state index contributed by atoms with van der Waals surface area (Å²) < 4.78 is 20.6. The summed E-state index contributed by atoms with van der Waals surface area (Å²) in [6.45, 7) is 7.44. The average Bonchev–Trinajstić information content (AvgIpc) is 2.87. The van der Waals surface area contributed by atoms with Crippen molar-refractivity contribution >= 4 is 18.1 Å². The van der Waals surface area contributed by atoms with Gasteiger partial charge in [0, 0.05) is 24.7 Å². The number of nitrogens with two attached hydrogens (primary N) is 1. The molecule has 3 rings (SSSR count). The Morgan fingerprint density at radius 1 is 1.43 bits per heavy atom. The van der Waals surface area contributed by atoms with Crippen LogP contribution in [0.15, 0.2) is 36.4 Å². The third kappa shape index (κ3) is 7.44. The van der Waals surface area contributed by atoms with E-state index in [1.165, 1.54) is 24.4 Å². The minimum Gasteiger partial charge on any atom is -0.486 e. The fourth-order valence-electron chi connectivity index (χ4n) is 3.55. The predicted octanol–water partition coefficient (Wildman–Crippen LogP) is 0.271. The zero-order valence-corrected chi connectivity index (χ0v) is 21.3. The summed E-state index contributed by atoms with van der Waals surface area (Å²) in [5.74, 6) is 0.268. The van der Waals surface area contributed by atoms with Crippen LogP contribution in [0.2, 0.25) is 0 Å². The normalized spacial score (nSPS) is 19.4. The van der Waals surface area contributed by atoms with Gasteiger partial charge in [0.1, 0.15) is 36.1 Å². The highest BCUT2D eigenvalue weighted by Gasteiger charge is 2.34. The minimum atomic E-state index is -1.46. The van der Waals surface area contributed by atoms with E-state index in [0.717, 1.165) is 0 Å². The highest BCUT2D eigenvalue weighted by atomic mass is 19.1. The lowest BCUT2D eigenvalue weighted by Crippen LogP contribution is -2.81. The van der Waals surface area contributed by atoms with Crippen molar-refractivity contribution in [2.24, 2.45) is 5.73 Å². The molecule has 11 nitrogen and oxygen atoms in total. The largest absolute Gasteiger partial charge is 0.486 e. The summed E-state index contributed by atoms with van der Waals surface area (Å²) >= 11 is 0. The Hall–Kier alpha value is -4.11. The molecule has 0 bridgehead atoms. The Bertz CT molecular complexity index is 1220. The van der Waals surface area contributed by atoms with Gasteiger partial charge in [-0.1, -0.05) is 0 Å². The lowest BCUT2D eigenvalue weighted by atomic mass is 10.0. The SMILES string of the molecule is C[C@H](O)C(=O)N1CCC(Oc2ccc(-c3ncnc(NC(C=[NH+]C(C)(C)C)=CN)n3)cc2C#N)[C@H](F)C1. The van der Waals surface area contributed by atoms with Crippen LogP contribution in [-0.4, -0.2) is 74.1 Å². The average molecular weight is 512 g/mol. The zero-order chi connectivity index (χ0) is 27.2. The molecule has 0 aliphatic carbocycles. The molecule has 12 heteroatoms. The fourth-order valence-corrected chi connectivity index (χ4v) is 3.55. The van der Waals surface area contributed by atoms with Crippen molar-refractivity contribution in [2.75, 3.05) is 18.4 Å². The fraction of sp³-hybridized carbons (Fsp3) is 0.440. The van der Waals surface area contributed by atoms with Crippen LogP contribution >= 0.6 is 0 Å². The number of ether oxygens (including phenoxy) is 1. The summed E-state index contributed by atoms with van der Waals surface area (Å²) in [6, 6.07) is 6.86. The minimum absolute atomic E-state index is 0.160. The second-order valence-electron chi connectivity index (χ2n) is 9.66. The number of hydrogen-bond donors (Lipinski definition) is 4. The van der Waals surface area contributed by atoms with Crippen molar-refractivity contribution in [3.8, 4) is 23.2 Å². The number of likely N-dealkylation sites (tertiary alicyclic amines) is 1. The molecule has 2 aromatic rings. The number of alkyl halides is 1. The first-order valence-corrected chi connectivity index (χ1v) is 11.8. The number of halogens is 1. The van der Waals surface area contributed by atoms with Crippen LogP contribution in [0.3, 0.4) is 0 Å². The number of carbonyl (C=O) groups excluding carboxylic acids is 1. The Morgan fingerprint density at radius 2 is 2.19 bits per heavy atom. The number of hydrogen-bond acceptors (Lipinski definition) is 9. The number of nitriles is 1. The van der Waals surface area contributed by atoms with Gasteiger partial charge in [-0.3, -0.25) is 4.79 Å². The highest BCUT2D eigenvalue weighted by Crippen LogP contribution is 2.28. The van der Waals surface area contributed by atoms with Crippen LogP contribution in [0.4, 0.5) is 10.3 Å². The van der Waals surface area contributed by atoms with Gasteiger partial charge in [-0.15, -0.1) is 0 Å². The number of aliphatic hydroxyl groups is 1.